The maximum absolute atomic E-state index is 12.9. The largest absolute Gasteiger partial charge is 0.462 e. The first-order chi connectivity index (χ1) is 13.1. The molecular weight excluding hydrogens is 347 g/mol. The first-order valence-electron chi connectivity index (χ1n) is 8.42. The maximum Gasteiger partial charge on any atom is 0.338 e. The molecule has 0 N–H and O–H groups in total. The quantitative estimate of drug-likeness (QED) is 0.344. The van der Waals surface area contributed by atoms with E-state index in [2.05, 4.69) is 0 Å². The van der Waals surface area contributed by atoms with Gasteiger partial charge < -0.3 is 9.15 Å². The van der Waals surface area contributed by atoms with Crippen LogP contribution in [0.2, 0.25) is 0 Å². The van der Waals surface area contributed by atoms with Gasteiger partial charge in [0, 0.05) is 11.1 Å². The van der Waals surface area contributed by atoms with Crippen molar-refractivity contribution in [2.24, 2.45) is 0 Å². The number of ether oxygens (including phenoxy) is 1. The molecule has 2 aromatic carbocycles. The lowest BCUT2D eigenvalue weighted by molar-refractivity contribution is 0.0526. The highest BCUT2D eigenvalue weighted by atomic mass is 19.1. The van der Waals surface area contributed by atoms with Crippen LogP contribution >= 0.6 is 0 Å². The van der Waals surface area contributed by atoms with Crippen LogP contribution in [0.4, 0.5) is 4.39 Å². The van der Waals surface area contributed by atoms with E-state index >= 15 is 0 Å². The van der Waals surface area contributed by atoms with E-state index in [-0.39, 0.29) is 17.6 Å². The van der Waals surface area contributed by atoms with E-state index in [1.54, 1.807) is 49.4 Å². The number of benzene rings is 2. The second-order valence-electron chi connectivity index (χ2n) is 5.70. The summed E-state index contributed by atoms with van der Waals surface area (Å²) in [6, 6.07) is 15.7. The summed E-state index contributed by atoms with van der Waals surface area (Å²) in [7, 11) is 0. The molecule has 0 unspecified atom stereocenters. The number of hydrogen-bond acceptors (Lipinski definition) is 4. The van der Waals surface area contributed by atoms with Crippen LogP contribution in [-0.4, -0.2) is 18.4 Å². The number of furan rings is 1. The molecule has 3 aromatic rings. The lowest BCUT2D eigenvalue weighted by Crippen LogP contribution is -2.03. The molecule has 27 heavy (non-hydrogen) atoms. The molecule has 0 aliphatic carbocycles. The number of rotatable bonds is 6. The third-order valence-corrected chi connectivity index (χ3v) is 3.84. The summed E-state index contributed by atoms with van der Waals surface area (Å²) in [5, 5.41) is 0. The van der Waals surface area contributed by atoms with E-state index in [1.807, 2.05) is 0 Å². The van der Waals surface area contributed by atoms with Gasteiger partial charge >= 0.3 is 5.97 Å². The van der Waals surface area contributed by atoms with E-state index in [9.17, 15) is 14.0 Å². The number of allylic oxidation sites excluding steroid dienone is 1. The Hall–Kier alpha value is -3.47. The van der Waals surface area contributed by atoms with Crippen LogP contribution in [-0.2, 0) is 4.74 Å². The summed E-state index contributed by atoms with van der Waals surface area (Å²) in [5.41, 5.74) is 1.67. The molecule has 0 aliphatic heterocycles. The van der Waals surface area contributed by atoms with E-state index in [4.69, 9.17) is 9.15 Å². The van der Waals surface area contributed by atoms with E-state index in [1.165, 1.54) is 30.3 Å². The fraction of sp³-hybridized carbons (Fsp3) is 0.0909. The van der Waals surface area contributed by atoms with Crippen LogP contribution in [0.25, 0.3) is 17.4 Å². The smallest absolute Gasteiger partial charge is 0.338 e. The molecule has 3 rings (SSSR count). The molecular formula is C22H17FO4. The minimum Gasteiger partial charge on any atom is -0.462 e. The average Bonchev–Trinajstić information content (AvgIpc) is 3.16. The van der Waals surface area contributed by atoms with Gasteiger partial charge in [-0.05, 0) is 67.6 Å². The molecule has 5 heteroatoms. The Balaban J connectivity index is 1.70. The zero-order valence-electron chi connectivity index (χ0n) is 14.6. The summed E-state index contributed by atoms with van der Waals surface area (Å²) in [6.45, 7) is 2.08. The maximum atomic E-state index is 12.9. The molecule has 4 nitrogen and oxygen atoms in total. The third kappa shape index (κ3) is 4.58. The highest BCUT2D eigenvalue weighted by molar-refractivity contribution is 6.06. The second-order valence-corrected chi connectivity index (χ2v) is 5.70. The van der Waals surface area contributed by atoms with Crippen molar-refractivity contribution in [3.63, 3.8) is 0 Å². The molecule has 136 valence electrons. The van der Waals surface area contributed by atoms with E-state index in [0.29, 0.717) is 29.3 Å². The van der Waals surface area contributed by atoms with Gasteiger partial charge in [0.1, 0.15) is 17.3 Å². The van der Waals surface area contributed by atoms with Gasteiger partial charge in [0.15, 0.2) is 5.78 Å². The molecule has 0 radical (unpaired) electrons. The van der Waals surface area contributed by atoms with Crippen molar-refractivity contribution in [3.05, 3.63) is 89.4 Å². The monoisotopic (exact) mass is 364 g/mol. The summed E-state index contributed by atoms with van der Waals surface area (Å²) in [5.74, 6) is 0.118. The van der Waals surface area contributed by atoms with E-state index in [0.717, 1.165) is 5.56 Å². The van der Waals surface area contributed by atoms with Crippen LogP contribution in [0.5, 0.6) is 0 Å². The van der Waals surface area contributed by atoms with Crippen molar-refractivity contribution in [1.82, 2.24) is 0 Å². The van der Waals surface area contributed by atoms with Gasteiger partial charge in [-0.3, -0.25) is 4.79 Å². The van der Waals surface area contributed by atoms with Crippen molar-refractivity contribution >= 4 is 17.8 Å². The Bertz CT molecular complexity index is 966. The Morgan fingerprint density at radius 1 is 0.963 bits per heavy atom. The fourth-order valence-corrected chi connectivity index (χ4v) is 2.45. The molecule has 0 saturated heterocycles. The van der Waals surface area contributed by atoms with Crippen molar-refractivity contribution in [2.75, 3.05) is 6.61 Å². The Labute approximate surface area is 155 Å². The van der Waals surface area contributed by atoms with Gasteiger partial charge in [0.2, 0.25) is 0 Å². The first kappa shape index (κ1) is 18.3. The van der Waals surface area contributed by atoms with Gasteiger partial charge in [0.05, 0.1) is 12.2 Å². The van der Waals surface area contributed by atoms with Gasteiger partial charge in [-0.15, -0.1) is 0 Å². The SMILES string of the molecule is CCOC(=O)c1ccc(-c2ccc(/C=C/C(=O)c3ccc(F)cc3)o2)cc1. The minimum atomic E-state index is -0.389. The van der Waals surface area contributed by atoms with Crippen molar-refractivity contribution in [1.29, 1.82) is 0 Å². The summed E-state index contributed by atoms with van der Waals surface area (Å²) in [4.78, 5) is 23.7. The minimum absolute atomic E-state index is 0.244. The normalized spacial score (nSPS) is 10.9. The zero-order valence-corrected chi connectivity index (χ0v) is 14.6. The number of hydrogen-bond donors (Lipinski definition) is 0. The van der Waals surface area contributed by atoms with Crippen molar-refractivity contribution in [3.8, 4) is 11.3 Å². The van der Waals surface area contributed by atoms with Gasteiger partial charge in [0.25, 0.3) is 0 Å². The predicted molar refractivity (Wildman–Crippen MR) is 99.9 cm³/mol. The van der Waals surface area contributed by atoms with Gasteiger partial charge in [-0.2, -0.15) is 0 Å². The summed E-state index contributed by atoms with van der Waals surface area (Å²) in [6.07, 6.45) is 2.93. The van der Waals surface area contributed by atoms with Gasteiger partial charge in [-0.1, -0.05) is 12.1 Å². The molecule has 0 fully saturated rings. The van der Waals surface area contributed by atoms with Crippen LogP contribution in [0, 0.1) is 5.82 Å². The summed E-state index contributed by atoms with van der Waals surface area (Å²) >= 11 is 0. The third-order valence-electron chi connectivity index (χ3n) is 3.84. The molecule has 0 bridgehead atoms. The lowest BCUT2D eigenvalue weighted by Gasteiger charge is -2.02. The fourth-order valence-electron chi connectivity index (χ4n) is 2.45. The molecule has 1 heterocycles. The number of carbonyl (C=O) groups excluding carboxylic acids is 2. The Morgan fingerprint density at radius 3 is 2.30 bits per heavy atom. The molecule has 0 aliphatic rings. The number of ketones is 1. The molecule has 0 amide bonds. The van der Waals surface area contributed by atoms with Crippen molar-refractivity contribution < 1.29 is 23.1 Å². The van der Waals surface area contributed by atoms with Crippen LogP contribution in [0.15, 0.2) is 71.2 Å². The molecule has 0 spiro atoms. The van der Waals surface area contributed by atoms with Crippen LogP contribution in [0.3, 0.4) is 0 Å². The highest BCUT2D eigenvalue weighted by Crippen LogP contribution is 2.23. The van der Waals surface area contributed by atoms with Gasteiger partial charge in [-0.25, -0.2) is 9.18 Å². The first-order valence-corrected chi connectivity index (χ1v) is 8.42. The number of esters is 1. The Morgan fingerprint density at radius 2 is 1.63 bits per heavy atom. The van der Waals surface area contributed by atoms with Crippen molar-refractivity contribution in [2.45, 2.75) is 6.92 Å². The predicted octanol–water partition coefficient (Wildman–Crippen LogP) is 5.16. The molecule has 0 saturated carbocycles. The number of halogens is 1. The topological polar surface area (TPSA) is 56.5 Å². The van der Waals surface area contributed by atoms with Crippen LogP contribution in [0.1, 0.15) is 33.4 Å². The molecule has 1 aromatic heterocycles. The average molecular weight is 364 g/mol. The lowest BCUT2D eigenvalue weighted by atomic mass is 10.1. The highest BCUT2D eigenvalue weighted by Gasteiger charge is 2.08. The summed E-state index contributed by atoms with van der Waals surface area (Å²) < 4.78 is 23.6. The standard InChI is InChI=1S/C22H17FO4/c1-2-26-22(25)17-5-3-16(4-6-17)21-14-12-19(27-21)11-13-20(24)15-7-9-18(23)10-8-15/h3-14H,2H2,1H3/b13-11+. The Kier molecular flexibility index (Phi) is 5.61. The van der Waals surface area contributed by atoms with Crippen LogP contribution < -0.4 is 0 Å². The van der Waals surface area contributed by atoms with E-state index < -0.39 is 0 Å². The second kappa shape index (κ2) is 8.27. The number of carbonyl (C=O) groups is 2. The molecule has 0 atom stereocenters. The zero-order chi connectivity index (χ0) is 19.2.